The number of fused-ring (bicyclic) bond motifs is 1. The fourth-order valence-corrected chi connectivity index (χ4v) is 3.01. The van der Waals surface area contributed by atoms with Crippen LogP contribution in [0.4, 0.5) is 17.6 Å². The number of aromatic hydroxyl groups is 1. The molecule has 0 saturated carbocycles. The molecule has 1 N–H and O–H groups in total. The zero-order chi connectivity index (χ0) is 20.0. The Labute approximate surface area is 155 Å². The van der Waals surface area contributed by atoms with Crippen LogP contribution in [0.25, 0.3) is 11.5 Å². The molecule has 144 valence electrons. The van der Waals surface area contributed by atoms with Gasteiger partial charge in [-0.15, -0.1) is 0 Å². The summed E-state index contributed by atoms with van der Waals surface area (Å²) in [6, 6.07) is 4.76. The number of carbonyl (C=O) groups excluding carboxylic acids is 1. The normalized spacial score (nSPS) is 13.5. The maximum Gasteiger partial charge on any atom is 0.295 e. The summed E-state index contributed by atoms with van der Waals surface area (Å²) in [5.41, 5.74) is 0.868. The molecule has 1 aromatic heterocycles. The molecule has 0 fully saturated rings. The molecule has 0 atom stereocenters. The first-order valence-corrected chi connectivity index (χ1v) is 8.12. The Morgan fingerprint density at radius 2 is 1.89 bits per heavy atom. The second-order valence-corrected chi connectivity index (χ2v) is 6.20. The molecule has 0 unspecified atom stereocenters. The van der Waals surface area contributed by atoms with Crippen LogP contribution >= 0.6 is 0 Å². The van der Waals surface area contributed by atoms with Crippen LogP contribution in [0.3, 0.4) is 0 Å². The van der Waals surface area contributed by atoms with E-state index in [1.807, 2.05) is 0 Å². The van der Waals surface area contributed by atoms with Crippen LogP contribution in [0.15, 0.2) is 28.8 Å². The molecule has 6 nitrogen and oxygen atoms in total. The number of hydrogen-bond donors (Lipinski definition) is 1. The number of amides is 1. The van der Waals surface area contributed by atoms with Crippen LogP contribution in [0, 0.1) is 23.3 Å². The number of rotatable bonds is 2. The largest absolute Gasteiger partial charge is 0.503 e. The highest BCUT2D eigenvalue weighted by Crippen LogP contribution is 2.32. The van der Waals surface area contributed by atoms with E-state index >= 15 is 0 Å². The third-order valence-electron chi connectivity index (χ3n) is 4.45. The Hall–Kier alpha value is -3.43. The van der Waals surface area contributed by atoms with E-state index in [2.05, 4.69) is 10.1 Å². The van der Waals surface area contributed by atoms with Gasteiger partial charge in [-0.2, -0.15) is 9.37 Å². The predicted molar refractivity (Wildman–Crippen MR) is 86.1 cm³/mol. The topological polar surface area (TPSA) is 79.5 Å². The van der Waals surface area contributed by atoms with E-state index in [1.165, 1.54) is 17.0 Å². The average Bonchev–Trinajstić information content (AvgIpc) is 3.17. The van der Waals surface area contributed by atoms with E-state index in [-0.39, 0.29) is 6.54 Å². The summed E-state index contributed by atoms with van der Waals surface area (Å²) in [6.07, 6.45) is 0.498. The maximum absolute atomic E-state index is 14.0. The molecule has 1 aliphatic heterocycles. The highest BCUT2D eigenvalue weighted by molar-refractivity contribution is 5.91. The molecule has 10 heteroatoms. The predicted octanol–water partition coefficient (Wildman–Crippen LogP) is 3.20. The lowest BCUT2D eigenvalue weighted by Crippen LogP contribution is -2.36. The molecule has 0 bridgehead atoms. The third-order valence-corrected chi connectivity index (χ3v) is 4.45. The van der Waals surface area contributed by atoms with E-state index in [1.54, 1.807) is 6.07 Å². The molecule has 4 rings (SSSR count). The van der Waals surface area contributed by atoms with Gasteiger partial charge in [0.2, 0.25) is 5.82 Å². The van der Waals surface area contributed by atoms with Crippen LogP contribution in [0.2, 0.25) is 0 Å². The second kappa shape index (κ2) is 6.63. The minimum Gasteiger partial charge on any atom is -0.503 e. The minimum absolute atomic E-state index is 0.121. The van der Waals surface area contributed by atoms with Crippen molar-refractivity contribution in [2.45, 2.75) is 13.0 Å². The van der Waals surface area contributed by atoms with Crippen LogP contribution in [0.5, 0.6) is 5.75 Å². The monoisotopic (exact) mass is 393 g/mol. The number of benzene rings is 2. The van der Waals surface area contributed by atoms with Gasteiger partial charge < -0.3 is 14.5 Å². The summed E-state index contributed by atoms with van der Waals surface area (Å²) in [4.78, 5) is 17.7. The highest BCUT2D eigenvalue weighted by Gasteiger charge is 2.28. The van der Waals surface area contributed by atoms with Gasteiger partial charge in [0.15, 0.2) is 17.4 Å². The van der Waals surface area contributed by atoms with Gasteiger partial charge in [-0.1, -0.05) is 11.2 Å². The fraction of sp³-hybridized carbons (Fsp3) is 0.167. The van der Waals surface area contributed by atoms with Crippen molar-refractivity contribution in [3.8, 4) is 17.2 Å². The molecule has 3 aromatic rings. The second-order valence-electron chi connectivity index (χ2n) is 6.20. The molecule has 1 amide bonds. The standard InChI is InChI=1S/C18H11F4N3O3/c19-10-2-1-8-3-4-25(7-9(8)5-10)18(27)16-23-17(28-24-16)11-6-12(20)14(22)15(26)13(11)21/h1-2,5-6,26H,3-4,7H2. The first-order valence-electron chi connectivity index (χ1n) is 8.12. The van der Waals surface area contributed by atoms with Crippen LogP contribution in [0.1, 0.15) is 21.7 Å². The van der Waals surface area contributed by atoms with Gasteiger partial charge >= 0.3 is 0 Å². The maximum atomic E-state index is 14.0. The Morgan fingerprint density at radius 1 is 1.11 bits per heavy atom. The van der Waals surface area contributed by atoms with Crippen molar-refractivity contribution in [2.75, 3.05) is 6.54 Å². The Kier molecular flexibility index (Phi) is 4.25. The minimum atomic E-state index is -1.75. The van der Waals surface area contributed by atoms with Crippen molar-refractivity contribution in [2.24, 2.45) is 0 Å². The molecule has 2 aromatic carbocycles. The van der Waals surface area contributed by atoms with Gasteiger partial charge in [0.1, 0.15) is 5.82 Å². The fourth-order valence-electron chi connectivity index (χ4n) is 3.01. The van der Waals surface area contributed by atoms with Crippen LogP contribution in [-0.2, 0) is 13.0 Å². The molecule has 0 saturated heterocycles. The lowest BCUT2D eigenvalue weighted by Gasteiger charge is -2.27. The van der Waals surface area contributed by atoms with Crippen molar-refractivity contribution < 1.29 is 32.0 Å². The summed E-state index contributed by atoms with van der Waals surface area (Å²) < 4.78 is 58.8. The van der Waals surface area contributed by atoms with Crippen molar-refractivity contribution in [1.82, 2.24) is 15.0 Å². The molecular weight excluding hydrogens is 382 g/mol. The molecule has 2 heterocycles. The molecule has 1 aliphatic rings. The number of aromatic nitrogens is 2. The zero-order valence-electron chi connectivity index (χ0n) is 14.0. The lowest BCUT2D eigenvalue weighted by atomic mass is 9.99. The zero-order valence-corrected chi connectivity index (χ0v) is 14.0. The van der Waals surface area contributed by atoms with Gasteiger partial charge in [-0.3, -0.25) is 4.79 Å². The van der Waals surface area contributed by atoms with Crippen LogP contribution in [-0.4, -0.2) is 32.6 Å². The lowest BCUT2D eigenvalue weighted by molar-refractivity contribution is 0.0718. The summed E-state index contributed by atoms with van der Waals surface area (Å²) in [6.45, 7) is 0.442. The van der Waals surface area contributed by atoms with E-state index in [0.29, 0.717) is 24.6 Å². The van der Waals surface area contributed by atoms with Crippen molar-refractivity contribution in [3.05, 3.63) is 64.5 Å². The average molecular weight is 393 g/mol. The number of carbonyl (C=O) groups is 1. The summed E-state index contributed by atoms with van der Waals surface area (Å²) in [5, 5.41) is 12.7. The van der Waals surface area contributed by atoms with Gasteiger partial charge in [0.05, 0.1) is 5.56 Å². The first kappa shape index (κ1) is 18.0. The number of phenolic OH excluding ortho intramolecular Hbond substituents is 1. The Bertz CT molecular complexity index is 1100. The molecule has 0 spiro atoms. The number of nitrogens with zero attached hydrogens (tertiary/aromatic N) is 3. The SMILES string of the molecule is O=C(c1noc(-c2cc(F)c(F)c(O)c2F)n1)N1CCc2ccc(F)cc2C1. The quantitative estimate of drug-likeness (QED) is 0.534. The molecule has 0 aliphatic carbocycles. The third kappa shape index (κ3) is 2.96. The van der Waals surface area contributed by atoms with E-state index in [0.717, 1.165) is 5.56 Å². The van der Waals surface area contributed by atoms with Crippen molar-refractivity contribution >= 4 is 5.91 Å². The van der Waals surface area contributed by atoms with Crippen LogP contribution < -0.4 is 0 Å². The van der Waals surface area contributed by atoms with Gasteiger partial charge in [-0.05, 0) is 35.7 Å². The first-order chi connectivity index (χ1) is 13.3. The number of halogens is 4. The van der Waals surface area contributed by atoms with E-state index < -0.39 is 52.2 Å². The van der Waals surface area contributed by atoms with Crippen molar-refractivity contribution in [1.29, 1.82) is 0 Å². The Morgan fingerprint density at radius 3 is 2.68 bits per heavy atom. The Balaban J connectivity index is 1.61. The molecule has 0 radical (unpaired) electrons. The highest BCUT2D eigenvalue weighted by atomic mass is 19.2. The summed E-state index contributed by atoms with van der Waals surface area (Å²) in [5.74, 6) is -8.41. The number of hydrogen-bond acceptors (Lipinski definition) is 5. The summed E-state index contributed by atoms with van der Waals surface area (Å²) in [7, 11) is 0. The number of phenols is 1. The molecule has 28 heavy (non-hydrogen) atoms. The molecular formula is C18H11F4N3O3. The van der Waals surface area contributed by atoms with Gasteiger partial charge in [0.25, 0.3) is 17.6 Å². The van der Waals surface area contributed by atoms with Crippen molar-refractivity contribution in [3.63, 3.8) is 0 Å². The van der Waals surface area contributed by atoms with Gasteiger partial charge in [0, 0.05) is 13.1 Å². The van der Waals surface area contributed by atoms with E-state index in [9.17, 15) is 27.5 Å². The van der Waals surface area contributed by atoms with E-state index in [4.69, 9.17) is 4.52 Å². The van der Waals surface area contributed by atoms with Gasteiger partial charge in [-0.25, -0.2) is 13.2 Å². The smallest absolute Gasteiger partial charge is 0.295 e. The summed E-state index contributed by atoms with van der Waals surface area (Å²) >= 11 is 0.